The Morgan fingerprint density at radius 3 is 2.39 bits per heavy atom. The number of rotatable bonds is 7. The largest absolute Gasteiger partial charge is 0.497 e. The van der Waals surface area contributed by atoms with Crippen LogP contribution < -0.4 is 14.2 Å². The van der Waals surface area contributed by atoms with Crippen LogP contribution in [0.4, 0.5) is 0 Å². The lowest BCUT2D eigenvalue weighted by atomic mass is 10.1. The molecule has 0 bridgehead atoms. The minimum absolute atomic E-state index is 0.0320. The molecule has 1 heterocycles. The molecule has 0 saturated heterocycles. The van der Waals surface area contributed by atoms with Gasteiger partial charge < -0.3 is 14.2 Å². The van der Waals surface area contributed by atoms with Crippen molar-refractivity contribution >= 4 is 23.1 Å². The summed E-state index contributed by atoms with van der Waals surface area (Å²) in [5.41, 5.74) is 2.06. The number of ether oxygens (including phenoxy) is 3. The van der Waals surface area contributed by atoms with Crippen molar-refractivity contribution in [2.24, 2.45) is 0 Å². The fourth-order valence-corrected chi connectivity index (χ4v) is 3.36. The van der Waals surface area contributed by atoms with Gasteiger partial charge in [-0.1, -0.05) is 0 Å². The van der Waals surface area contributed by atoms with Gasteiger partial charge in [-0.3, -0.25) is 9.59 Å². The molecule has 144 valence electrons. The second-order valence-corrected chi connectivity index (χ2v) is 6.80. The zero-order valence-electron chi connectivity index (χ0n) is 15.7. The number of nitrogens with zero attached hydrogens (tertiary/aromatic N) is 1. The van der Waals surface area contributed by atoms with Crippen LogP contribution in [0.3, 0.4) is 0 Å². The second-order valence-electron chi connectivity index (χ2n) is 5.95. The normalized spacial score (nSPS) is 10.4. The van der Waals surface area contributed by atoms with E-state index in [0.717, 1.165) is 16.3 Å². The monoisotopic (exact) mass is 397 g/mol. The van der Waals surface area contributed by atoms with E-state index < -0.39 is 5.97 Å². The van der Waals surface area contributed by atoms with Gasteiger partial charge in [0.05, 0.1) is 26.3 Å². The summed E-state index contributed by atoms with van der Waals surface area (Å²) < 4.78 is 15.8. The Kier molecular flexibility index (Phi) is 6.06. The molecule has 0 aliphatic rings. The average molecular weight is 397 g/mol. The van der Waals surface area contributed by atoms with E-state index in [4.69, 9.17) is 14.2 Å². The number of thiazole rings is 1. The quantitative estimate of drug-likeness (QED) is 0.338. The number of benzene rings is 2. The van der Waals surface area contributed by atoms with Crippen molar-refractivity contribution < 1.29 is 23.8 Å². The van der Waals surface area contributed by atoms with Crippen molar-refractivity contribution in [2.75, 3.05) is 14.2 Å². The van der Waals surface area contributed by atoms with Gasteiger partial charge >= 0.3 is 5.97 Å². The first-order chi connectivity index (χ1) is 13.5. The lowest BCUT2D eigenvalue weighted by Gasteiger charge is -2.09. The number of Topliss-reactive ketones (excluding diaryl/α,β-unsaturated/α-hetero) is 1. The van der Waals surface area contributed by atoms with Gasteiger partial charge in [0.15, 0.2) is 17.3 Å². The molecule has 6 nitrogen and oxygen atoms in total. The highest BCUT2D eigenvalue weighted by Crippen LogP contribution is 2.29. The van der Waals surface area contributed by atoms with Gasteiger partial charge in [-0.25, -0.2) is 4.98 Å². The number of hydrogen-bond donors (Lipinski definition) is 0. The number of carbonyl (C=O) groups excluding carboxylic acids is 2. The number of methoxy groups -OCH3 is 2. The van der Waals surface area contributed by atoms with Crippen LogP contribution in [0, 0.1) is 0 Å². The van der Waals surface area contributed by atoms with Crippen molar-refractivity contribution in [3.63, 3.8) is 0 Å². The minimum atomic E-state index is -0.458. The zero-order valence-corrected chi connectivity index (χ0v) is 16.5. The second kappa shape index (κ2) is 8.67. The molecule has 7 heteroatoms. The molecule has 0 unspecified atom stereocenters. The van der Waals surface area contributed by atoms with E-state index in [0.29, 0.717) is 17.0 Å². The van der Waals surface area contributed by atoms with Crippen LogP contribution in [0.2, 0.25) is 0 Å². The zero-order chi connectivity index (χ0) is 20.1. The Balaban J connectivity index is 1.68. The molecule has 0 spiro atoms. The maximum Gasteiger partial charge on any atom is 0.317 e. The summed E-state index contributed by atoms with van der Waals surface area (Å²) in [5, 5.41) is 2.64. The molecule has 28 heavy (non-hydrogen) atoms. The number of carbonyl (C=O) groups is 2. The van der Waals surface area contributed by atoms with Crippen LogP contribution in [0.15, 0.2) is 47.8 Å². The molecule has 0 aliphatic carbocycles. The van der Waals surface area contributed by atoms with Crippen molar-refractivity contribution in [2.45, 2.75) is 13.3 Å². The van der Waals surface area contributed by atoms with E-state index >= 15 is 0 Å². The lowest BCUT2D eigenvalue weighted by molar-refractivity contribution is -0.133. The standard InChI is InChI=1S/C21H19NO5S/c1-13(23)15-6-9-18(19(10-15)26-3)27-20(24)11-16-12-28-21(22-16)14-4-7-17(25-2)8-5-14/h4-10,12H,11H2,1-3H3. The van der Waals surface area contributed by atoms with Crippen molar-refractivity contribution in [3.8, 4) is 27.8 Å². The molecule has 0 fully saturated rings. The van der Waals surface area contributed by atoms with Crippen LogP contribution in [0.5, 0.6) is 17.2 Å². The van der Waals surface area contributed by atoms with Gasteiger partial charge in [0.1, 0.15) is 10.8 Å². The number of hydrogen-bond acceptors (Lipinski definition) is 7. The summed E-state index contributed by atoms with van der Waals surface area (Å²) in [6.45, 7) is 1.46. The van der Waals surface area contributed by atoms with E-state index in [9.17, 15) is 9.59 Å². The summed E-state index contributed by atoms with van der Waals surface area (Å²) in [7, 11) is 3.07. The first-order valence-corrected chi connectivity index (χ1v) is 9.36. The van der Waals surface area contributed by atoms with E-state index in [-0.39, 0.29) is 18.0 Å². The Bertz CT molecular complexity index is 994. The number of ketones is 1. The lowest BCUT2D eigenvalue weighted by Crippen LogP contribution is -2.12. The molecule has 1 aromatic heterocycles. The third-order valence-electron chi connectivity index (χ3n) is 4.01. The van der Waals surface area contributed by atoms with Gasteiger partial charge in [0.2, 0.25) is 0 Å². The fourth-order valence-electron chi connectivity index (χ4n) is 2.53. The van der Waals surface area contributed by atoms with Crippen LogP contribution in [0.25, 0.3) is 10.6 Å². The molecule has 0 saturated carbocycles. The number of esters is 1. The maximum atomic E-state index is 12.3. The summed E-state index contributed by atoms with van der Waals surface area (Å²) in [6.07, 6.45) is 0.0320. The Hall–Kier alpha value is -3.19. The fraction of sp³-hybridized carbons (Fsp3) is 0.190. The van der Waals surface area contributed by atoms with Crippen molar-refractivity contribution in [3.05, 3.63) is 59.1 Å². The van der Waals surface area contributed by atoms with Gasteiger partial charge in [0.25, 0.3) is 0 Å². The molecule has 0 N–H and O–H groups in total. The summed E-state index contributed by atoms with van der Waals surface area (Å²) in [4.78, 5) is 28.3. The Morgan fingerprint density at radius 2 is 1.75 bits per heavy atom. The highest BCUT2D eigenvalue weighted by atomic mass is 32.1. The highest BCUT2D eigenvalue weighted by Gasteiger charge is 2.15. The van der Waals surface area contributed by atoms with Gasteiger partial charge in [-0.2, -0.15) is 0 Å². The third kappa shape index (κ3) is 4.55. The van der Waals surface area contributed by atoms with Gasteiger partial charge in [-0.15, -0.1) is 11.3 Å². The molecular formula is C21H19NO5S. The van der Waals surface area contributed by atoms with Gasteiger partial charge in [0, 0.05) is 16.5 Å². The summed E-state index contributed by atoms with van der Waals surface area (Å²) in [5.74, 6) is 0.820. The maximum absolute atomic E-state index is 12.3. The predicted molar refractivity (Wildman–Crippen MR) is 106 cm³/mol. The molecule has 0 aliphatic heterocycles. The Labute approximate surface area is 166 Å². The number of aromatic nitrogens is 1. The van der Waals surface area contributed by atoms with Crippen LogP contribution in [0.1, 0.15) is 23.0 Å². The summed E-state index contributed by atoms with van der Waals surface area (Å²) in [6, 6.07) is 12.3. The van der Waals surface area contributed by atoms with Crippen LogP contribution >= 0.6 is 11.3 Å². The van der Waals surface area contributed by atoms with E-state index in [2.05, 4.69) is 4.98 Å². The molecule has 3 rings (SSSR count). The predicted octanol–water partition coefficient (Wildman–Crippen LogP) is 4.18. The van der Waals surface area contributed by atoms with E-state index in [1.165, 1.54) is 25.4 Å². The van der Waals surface area contributed by atoms with Gasteiger partial charge in [-0.05, 0) is 49.4 Å². The SMILES string of the molecule is COc1ccc(-c2nc(CC(=O)Oc3ccc(C(C)=O)cc3OC)cs2)cc1. The first-order valence-electron chi connectivity index (χ1n) is 8.48. The molecular weight excluding hydrogens is 378 g/mol. The Morgan fingerprint density at radius 1 is 1.00 bits per heavy atom. The van der Waals surface area contributed by atoms with E-state index in [1.807, 2.05) is 29.6 Å². The molecule has 0 amide bonds. The highest BCUT2D eigenvalue weighted by molar-refractivity contribution is 7.13. The van der Waals surface area contributed by atoms with Crippen LogP contribution in [-0.4, -0.2) is 31.0 Å². The first kappa shape index (κ1) is 19.6. The third-order valence-corrected chi connectivity index (χ3v) is 4.95. The summed E-state index contributed by atoms with van der Waals surface area (Å²) >= 11 is 1.46. The smallest absolute Gasteiger partial charge is 0.317 e. The molecule has 2 aromatic carbocycles. The minimum Gasteiger partial charge on any atom is -0.497 e. The molecule has 0 radical (unpaired) electrons. The van der Waals surface area contributed by atoms with E-state index in [1.54, 1.807) is 25.3 Å². The molecule has 3 aromatic rings. The van der Waals surface area contributed by atoms with Crippen molar-refractivity contribution in [1.82, 2.24) is 4.98 Å². The van der Waals surface area contributed by atoms with Crippen molar-refractivity contribution in [1.29, 1.82) is 0 Å². The van der Waals surface area contributed by atoms with Crippen LogP contribution in [-0.2, 0) is 11.2 Å². The molecule has 0 atom stereocenters. The topological polar surface area (TPSA) is 74.7 Å². The average Bonchev–Trinajstić information content (AvgIpc) is 3.16.